The van der Waals surface area contributed by atoms with E-state index in [0.717, 1.165) is 18.2 Å². The second-order valence-corrected chi connectivity index (χ2v) is 7.02. The lowest BCUT2D eigenvalue weighted by Crippen LogP contribution is -2.25. The van der Waals surface area contributed by atoms with Crippen molar-refractivity contribution in [3.05, 3.63) is 65.3 Å². The van der Waals surface area contributed by atoms with Crippen molar-refractivity contribution in [1.29, 1.82) is 0 Å². The minimum absolute atomic E-state index is 0.131. The van der Waals surface area contributed by atoms with Gasteiger partial charge in [0.1, 0.15) is 11.3 Å². The molecule has 1 aliphatic rings. The number of carbonyl (C=O) groups is 2. The zero-order valence-electron chi connectivity index (χ0n) is 14.9. The van der Waals surface area contributed by atoms with Gasteiger partial charge in [-0.3, -0.25) is 14.6 Å². The second kappa shape index (κ2) is 7.86. The lowest BCUT2D eigenvalue weighted by molar-refractivity contribution is -0.118. The van der Waals surface area contributed by atoms with Crippen molar-refractivity contribution in [3.8, 4) is 5.75 Å². The van der Waals surface area contributed by atoms with Gasteiger partial charge in [0.25, 0.3) is 11.8 Å². The van der Waals surface area contributed by atoms with Crippen LogP contribution in [0.2, 0.25) is 5.02 Å². The largest absolute Gasteiger partial charge is 0.481 e. The van der Waals surface area contributed by atoms with E-state index in [2.05, 4.69) is 15.6 Å². The van der Waals surface area contributed by atoms with E-state index in [-0.39, 0.29) is 24.5 Å². The van der Waals surface area contributed by atoms with Gasteiger partial charge in [-0.2, -0.15) is 0 Å². The molecule has 0 aliphatic heterocycles. The average molecular weight is 396 g/mol. The topological polar surface area (TPSA) is 80.3 Å². The van der Waals surface area contributed by atoms with Gasteiger partial charge >= 0.3 is 0 Å². The maximum atomic E-state index is 12.3. The van der Waals surface area contributed by atoms with Crippen molar-refractivity contribution >= 4 is 40.0 Å². The normalized spacial score (nSPS) is 13.2. The molecule has 3 aromatic rings. The summed E-state index contributed by atoms with van der Waals surface area (Å²) in [6.45, 7) is -0.189. The maximum Gasteiger partial charge on any atom is 0.262 e. The Morgan fingerprint density at radius 3 is 2.82 bits per heavy atom. The number of rotatable bonds is 6. The summed E-state index contributed by atoms with van der Waals surface area (Å²) in [6, 6.07) is 14.1. The van der Waals surface area contributed by atoms with Crippen LogP contribution in [0.15, 0.2) is 54.7 Å². The monoisotopic (exact) mass is 395 g/mol. The number of hydrogen-bond acceptors (Lipinski definition) is 4. The highest BCUT2D eigenvalue weighted by Crippen LogP contribution is 2.29. The van der Waals surface area contributed by atoms with Crippen LogP contribution in [0.25, 0.3) is 10.9 Å². The van der Waals surface area contributed by atoms with Crippen LogP contribution in [0.3, 0.4) is 0 Å². The molecule has 1 fully saturated rings. The van der Waals surface area contributed by atoms with Crippen LogP contribution in [-0.2, 0) is 4.79 Å². The van der Waals surface area contributed by atoms with E-state index in [0.29, 0.717) is 27.5 Å². The third-order valence-electron chi connectivity index (χ3n) is 4.36. The van der Waals surface area contributed by atoms with E-state index < -0.39 is 0 Å². The number of hydrogen-bond donors (Lipinski definition) is 2. The minimum atomic E-state index is -0.334. The summed E-state index contributed by atoms with van der Waals surface area (Å²) >= 11 is 6.17. The van der Waals surface area contributed by atoms with E-state index in [1.54, 1.807) is 48.7 Å². The number of pyridine rings is 1. The van der Waals surface area contributed by atoms with Crippen molar-refractivity contribution in [1.82, 2.24) is 10.3 Å². The molecule has 7 heteroatoms. The summed E-state index contributed by atoms with van der Waals surface area (Å²) in [5, 5.41) is 7.00. The molecule has 6 nitrogen and oxygen atoms in total. The van der Waals surface area contributed by atoms with Gasteiger partial charge < -0.3 is 15.4 Å². The number of carbonyl (C=O) groups excluding carboxylic acids is 2. The van der Waals surface area contributed by atoms with Crippen LogP contribution in [0.4, 0.5) is 5.69 Å². The Kier molecular flexibility index (Phi) is 5.12. The fraction of sp³-hybridized carbons (Fsp3) is 0.190. The first-order valence-electron chi connectivity index (χ1n) is 8.97. The Hall–Kier alpha value is -3.12. The molecule has 142 valence electrons. The van der Waals surface area contributed by atoms with Crippen LogP contribution >= 0.6 is 11.6 Å². The number of aromatic nitrogens is 1. The minimum Gasteiger partial charge on any atom is -0.481 e. The third kappa shape index (κ3) is 4.23. The zero-order valence-corrected chi connectivity index (χ0v) is 15.7. The van der Waals surface area contributed by atoms with Gasteiger partial charge in [-0.05, 0) is 55.3 Å². The first-order chi connectivity index (χ1) is 13.6. The van der Waals surface area contributed by atoms with Gasteiger partial charge in [0.15, 0.2) is 6.61 Å². The highest BCUT2D eigenvalue weighted by molar-refractivity contribution is 6.35. The Bertz CT molecular complexity index is 1050. The number of anilines is 1. The maximum absolute atomic E-state index is 12.3. The summed E-state index contributed by atoms with van der Waals surface area (Å²) in [4.78, 5) is 28.7. The quantitative estimate of drug-likeness (QED) is 0.665. The molecule has 1 heterocycles. The second-order valence-electron chi connectivity index (χ2n) is 6.61. The van der Waals surface area contributed by atoms with Crippen molar-refractivity contribution in [3.63, 3.8) is 0 Å². The highest BCUT2D eigenvalue weighted by Gasteiger charge is 2.23. The number of nitrogens with one attached hydrogen (secondary N) is 2. The average Bonchev–Trinajstić information content (AvgIpc) is 3.52. The Balaban J connectivity index is 1.40. The van der Waals surface area contributed by atoms with Gasteiger partial charge in [0.2, 0.25) is 0 Å². The van der Waals surface area contributed by atoms with E-state index in [1.807, 2.05) is 6.07 Å². The number of nitrogens with zero attached hydrogens (tertiary/aromatic N) is 1. The van der Waals surface area contributed by atoms with Gasteiger partial charge in [0.05, 0.1) is 5.02 Å². The van der Waals surface area contributed by atoms with Gasteiger partial charge in [-0.25, -0.2) is 0 Å². The summed E-state index contributed by atoms with van der Waals surface area (Å²) < 4.78 is 5.63. The van der Waals surface area contributed by atoms with Gasteiger partial charge in [-0.15, -0.1) is 0 Å². The molecule has 1 saturated carbocycles. The molecule has 0 radical (unpaired) electrons. The number of fused-ring (bicyclic) bond motifs is 1. The Morgan fingerprint density at radius 2 is 2.00 bits per heavy atom. The number of amides is 2. The molecule has 4 rings (SSSR count). The first-order valence-corrected chi connectivity index (χ1v) is 9.35. The molecule has 2 amide bonds. The first kappa shape index (κ1) is 18.3. The molecule has 1 aliphatic carbocycles. The van der Waals surface area contributed by atoms with Crippen LogP contribution in [0.5, 0.6) is 5.75 Å². The summed E-state index contributed by atoms with van der Waals surface area (Å²) in [5.41, 5.74) is 1.65. The van der Waals surface area contributed by atoms with Crippen molar-refractivity contribution < 1.29 is 14.3 Å². The molecule has 0 atom stereocenters. The summed E-state index contributed by atoms with van der Waals surface area (Å²) in [5.74, 6) is 0.0139. The molecular weight excluding hydrogens is 378 g/mol. The van der Waals surface area contributed by atoms with Crippen molar-refractivity contribution in [2.45, 2.75) is 18.9 Å². The van der Waals surface area contributed by atoms with Crippen LogP contribution < -0.4 is 15.4 Å². The predicted octanol–water partition coefficient (Wildman–Crippen LogP) is 3.80. The number of ether oxygens (including phenoxy) is 1. The number of halogens is 1. The molecule has 0 spiro atoms. The van der Waals surface area contributed by atoms with Crippen LogP contribution in [-0.4, -0.2) is 29.4 Å². The molecule has 0 bridgehead atoms. The Labute approximate surface area is 166 Å². The third-order valence-corrected chi connectivity index (χ3v) is 4.69. The van der Waals surface area contributed by atoms with E-state index >= 15 is 0 Å². The number of benzene rings is 2. The molecule has 2 aromatic carbocycles. The van der Waals surface area contributed by atoms with E-state index in [4.69, 9.17) is 16.3 Å². The van der Waals surface area contributed by atoms with Crippen LogP contribution in [0.1, 0.15) is 23.2 Å². The molecule has 0 saturated heterocycles. The smallest absolute Gasteiger partial charge is 0.262 e. The predicted molar refractivity (Wildman–Crippen MR) is 108 cm³/mol. The molecular formula is C21H18ClN3O3. The van der Waals surface area contributed by atoms with Gasteiger partial charge in [0, 0.05) is 28.9 Å². The van der Waals surface area contributed by atoms with Crippen molar-refractivity contribution in [2.24, 2.45) is 0 Å². The summed E-state index contributed by atoms with van der Waals surface area (Å²) in [7, 11) is 0. The molecule has 1 aromatic heterocycles. The Morgan fingerprint density at radius 1 is 1.14 bits per heavy atom. The fourth-order valence-corrected chi connectivity index (χ4v) is 3.02. The standard InChI is InChI=1S/C21H18ClN3O3/c22-17-8-9-18(20-16(17)5-2-10-23-20)28-12-19(26)24-15-4-1-3-13(11-15)21(27)25-14-6-7-14/h1-5,8-11,14H,6-7,12H2,(H,24,26)(H,25,27). The van der Waals surface area contributed by atoms with Gasteiger partial charge in [-0.1, -0.05) is 17.7 Å². The lowest BCUT2D eigenvalue weighted by Gasteiger charge is -2.11. The zero-order chi connectivity index (χ0) is 19.5. The lowest BCUT2D eigenvalue weighted by atomic mass is 10.2. The van der Waals surface area contributed by atoms with E-state index in [1.165, 1.54) is 0 Å². The highest BCUT2D eigenvalue weighted by atomic mass is 35.5. The van der Waals surface area contributed by atoms with E-state index in [9.17, 15) is 9.59 Å². The van der Waals surface area contributed by atoms with Crippen LogP contribution in [0, 0.1) is 0 Å². The SMILES string of the molecule is O=C(COc1ccc(Cl)c2cccnc12)Nc1cccc(C(=O)NC2CC2)c1. The molecule has 28 heavy (non-hydrogen) atoms. The molecule has 0 unspecified atom stereocenters. The fourth-order valence-electron chi connectivity index (χ4n) is 2.80. The molecule has 2 N–H and O–H groups in total. The van der Waals surface area contributed by atoms with Crippen molar-refractivity contribution in [2.75, 3.05) is 11.9 Å². The summed E-state index contributed by atoms with van der Waals surface area (Å²) in [6.07, 6.45) is 3.69.